The van der Waals surface area contributed by atoms with Crippen molar-refractivity contribution < 1.29 is 13.6 Å². The van der Waals surface area contributed by atoms with Crippen molar-refractivity contribution in [3.63, 3.8) is 0 Å². The molecule has 0 radical (unpaired) electrons. The monoisotopic (exact) mass is 237 g/mol. The van der Waals surface area contributed by atoms with Crippen LogP contribution in [0.3, 0.4) is 0 Å². The van der Waals surface area contributed by atoms with Gasteiger partial charge in [-0.25, -0.2) is 8.78 Å². The number of terminal acetylenes is 1. The maximum absolute atomic E-state index is 13.7. The summed E-state index contributed by atoms with van der Waals surface area (Å²) in [6.07, 6.45) is 6.28. The van der Waals surface area contributed by atoms with Crippen LogP contribution in [0.2, 0.25) is 0 Å². The number of aldehydes is 1. The van der Waals surface area contributed by atoms with E-state index in [1.165, 1.54) is 4.90 Å². The number of carbonyl (C=O) groups is 1. The van der Waals surface area contributed by atoms with E-state index >= 15 is 0 Å². The van der Waals surface area contributed by atoms with Gasteiger partial charge in [0.2, 0.25) is 0 Å². The van der Waals surface area contributed by atoms with Crippen molar-refractivity contribution in [2.75, 3.05) is 18.0 Å². The first-order valence-electron chi connectivity index (χ1n) is 5.26. The van der Waals surface area contributed by atoms with E-state index in [1.807, 2.05) is 6.92 Å². The lowest BCUT2D eigenvalue weighted by Gasteiger charge is -2.22. The molecule has 0 saturated heterocycles. The highest BCUT2D eigenvalue weighted by Gasteiger charge is 2.16. The Bertz CT molecular complexity index is 428. The molecule has 2 nitrogen and oxygen atoms in total. The fourth-order valence-corrected chi connectivity index (χ4v) is 1.61. The number of benzene rings is 1. The molecule has 0 atom stereocenters. The average molecular weight is 237 g/mol. The van der Waals surface area contributed by atoms with Gasteiger partial charge in [0.25, 0.3) is 0 Å². The van der Waals surface area contributed by atoms with Gasteiger partial charge in [-0.3, -0.25) is 4.79 Å². The summed E-state index contributed by atoms with van der Waals surface area (Å²) in [6.45, 7) is 2.47. The number of hydrogen-bond acceptors (Lipinski definition) is 2. The molecule has 0 saturated carbocycles. The van der Waals surface area contributed by atoms with Crippen LogP contribution in [0.1, 0.15) is 23.7 Å². The van der Waals surface area contributed by atoms with E-state index in [0.717, 1.165) is 18.6 Å². The van der Waals surface area contributed by atoms with E-state index in [1.54, 1.807) is 0 Å². The molecule has 4 heteroatoms. The predicted octanol–water partition coefficient (Wildman–Crippen LogP) is 2.63. The molecule has 0 amide bonds. The number of hydrogen-bond donors (Lipinski definition) is 0. The summed E-state index contributed by atoms with van der Waals surface area (Å²) in [6, 6.07) is 2.01. The Hall–Kier alpha value is -1.89. The van der Waals surface area contributed by atoms with Crippen molar-refractivity contribution in [3.05, 3.63) is 29.3 Å². The van der Waals surface area contributed by atoms with Crippen molar-refractivity contribution in [2.24, 2.45) is 0 Å². The smallest absolute Gasteiger partial charge is 0.150 e. The van der Waals surface area contributed by atoms with Crippen LogP contribution in [0.15, 0.2) is 12.1 Å². The van der Waals surface area contributed by atoms with Crippen molar-refractivity contribution >= 4 is 12.0 Å². The van der Waals surface area contributed by atoms with Gasteiger partial charge in [-0.2, -0.15) is 0 Å². The van der Waals surface area contributed by atoms with Crippen LogP contribution in [-0.4, -0.2) is 19.4 Å². The summed E-state index contributed by atoms with van der Waals surface area (Å²) < 4.78 is 27.4. The van der Waals surface area contributed by atoms with Gasteiger partial charge in [0, 0.05) is 12.1 Å². The molecular formula is C13H13F2NO. The normalized spacial score (nSPS) is 9.76. The second kappa shape index (κ2) is 6.00. The number of rotatable bonds is 5. The Kier molecular flexibility index (Phi) is 4.65. The molecule has 0 spiro atoms. The van der Waals surface area contributed by atoms with E-state index < -0.39 is 11.6 Å². The minimum Gasteiger partial charge on any atom is -0.356 e. The summed E-state index contributed by atoms with van der Waals surface area (Å²) >= 11 is 0. The summed E-state index contributed by atoms with van der Waals surface area (Å²) in [5.74, 6) is 0.822. The Balaban J connectivity index is 3.19. The van der Waals surface area contributed by atoms with Crippen LogP contribution in [-0.2, 0) is 0 Å². The van der Waals surface area contributed by atoms with Gasteiger partial charge in [-0.1, -0.05) is 12.8 Å². The van der Waals surface area contributed by atoms with E-state index in [-0.39, 0.29) is 17.8 Å². The van der Waals surface area contributed by atoms with Crippen molar-refractivity contribution in [3.8, 4) is 12.3 Å². The first-order valence-corrected chi connectivity index (χ1v) is 5.26. The lowest BCUT2D eigenvalue weighted by molar-refractivity contribution is 0.112. The van der Waals surface area contributed by atoms with Gasteiger partial charge in [-0.05, 0) is 18.6 Å². The summed E-state index contributed by atoms with van der Waals surface area (Å²) in [5, 5.41) is 0. The second-order valence-corrected chi connectivity index (χ2v) is 3.58. The zero-order valence-electron chi connectivity index (χ0n) is 9.54. The summed E-state index contributed by atoms with van der Waals surface area (Å²) in [7, 11) is 0. The molecule has 0 aliphatic heterocycles. The molecule has 0 fully saturated rings. The summed E-state index contributed by atoms with van der Waals surface area (Å²) in [5.41, 5.74) is -0.198. The fourth-order valence-electron chi connectivity index (χ4n) is 1.61. The molecule has 0 N–H and O–H groups in total. The standard InChI is InChI=1S/C13H13F2NO/c1-3-5-16(6-4-2)13-11(14)7-10(9-17)8-12(13)15/h1,7-9H,4-6H2,2H3. The van der Waals surface area contributed by atoms with Crippen LogP contribution >= 0.6 is 0 Å². The molecule has 0 bridgehead atoms. The highest BCUT2D eigenvalue weighted by atomic mass is 19.1. The third-order valence-corrected chi connectivity index (χ3v) is 2.27. The Morgan fingerprint density at radius 2 is 2.00 bits per heavy atom. The SMILES string of the molecule is C#CCN(CCC)c1c(F)cc(C=O)cc1F. The van der Waals surface area contributed by atoms with Crippen LogP contribution < -0.4 is 4.90 Å². The van der Waals surface area contributed by atoms with Gasteiger partial charge in [-0.15, -0.1) is 6.42 Å². The number of halogens is 2. The van der Waals surface area contributed by atoms with Gasteiger partial charge in [0.05, 0.1) is 6.54 Å². The molecular weight excluding hydrogens is 224 g/mol. The predicted molar refractivity (Wildman–Crippen MR) is 63.1 cm³/mol. The van der Waals surface area contributed by atoms with Crippen molar-refractivity contribution in [1.29, 1.82) is 0 Å². The van der Waals surface area contributed by atoms with Crippen LogP contribution in [0.4, 0.5) is 14.5 Å². The zero-order valence-corrected chi connectivity index (χ0v) is 9.54. The number of nitrogens with zero attached hydrogens (tertiary/aromatic N) is 1. The molecule has 0 aliphatic rings. The molecule has 1 rings (SSSR count). The van der Waals surface area contributed by atoms with E-state index in [2.05, 4.69) is 5.92 Å². The lowest BCUT2D eigenvalue weighted by atomic mass is 10.2. The first-order chi connectivity index (χ1) is 8.13. The average Bonchev–Trinajstić information content (AvgIpc) is 2.28. The van der Waals surface area contributed by atoms with Crippen molar-refractivity contribution in [2.45, 2.75) is 13.3 Å². The van der Waals surface area contributed by atoms with Crippen molar-refractivity contribution in [1.82, 2.24) is 0 Å². The van der Waals surface area contributed by atoms with Crippen LogP contribution in [0, 0.1) is 24.0 Å². The largest absolute Gasteiger partial charge is 0.356 e. The Morgan fingerprint density at radius 1 is 1.41 bits per heavy atom. The van der Waals surface area contributed by atoms with Gasteiger partial charge in [0.1, 0.15) is 23.6 Å². The van der Waals surface area contributed by atoms with Crippen LogP contribution in [0.5, 0.6) is 0 Å². The Morgan fingerprint density at radius 3 is 2.41 bits per heavy atom. The molecule has 0 heterocycles. The topological polar surface area (TPSA) is 20.3 Å². The first kappa shape index (κ1) is 13.2. The summed E-state index contributed by atoms with van der Waals surface area (Å²) in [4.78, 5) is 11.9. The number of carbonyl (C=O) groups excluding carboxylic acids is 1. The maximum Gasteiger partial charge on any atom is 0.150 e. The van der Waals surface area contributed by atoms with Gasteiger partial charge < -0.3 is 4.90 Å². The molecule has 0 aliphatic carbocycles. The quantitative estimate of drug-likeness (QED) is 0.579. The molecule has 1 aromatic carbocycles. The molecule has 0 unspecified atom stereocenters. The van der Waals surface area contributed by atoms with Crippen LogP contribution in [0.25, 0.3) is 0 Å². The van der Waals surface area contributed by atoms with Gasteiger partial charge in [0.15, 0.2) is 0 Å². The van der Waals surface area contributed by atoms with E-state index in [4.69, 9.17) is 6.42 Å². The third kappa shape index (κ3) is 3.04. The fraction of sp³-hybridized carbons (Fsp3) is 0.308. The van der Waals surface area contributed by atoms with E-state index in [9.17, 15) is 13.6 Å². The minimum absolute atomic E-state index is 0.0269. The van der Waals surface area contributed by atoms with E-state index in [0.29, 0.717) is 12.8 Å². The molecule has 1 aromatic rings. The highest BCUT2D eigenvalue weighted by Crippen LogP contribution is 2.24. The molecule has 17 heavy (non-hydrogen) atoms. The third-order valence-electron chi connectivity index (χ3n) is 2.27. The maximum atomic E-state index is 13.7. The molecule has 90 valence electrons. The minimum atomic E-state index is -0.768. The Labute approximate surface area is 99.2 Å². The lowest BCUT2D eigenvalue weighted by Crippen LogP contribution is -2.26. The highest BCUT2D eigenvalue weighted by molar-refractivity contribution is 5.76. The zero-order chi connectivity index (χ0) is 12.8. The number of anilines is 1. The van der Waals surface area contributed by atoms with Gasteiger partial charge >= 0.3 is 0 Å². The second-order valence-electron chi connectivity index (χ2n) is 3.58. The molecule has 0 aromatic heterocycles.